The SMILES string of the molecule is Cc1cccc(-n2nnnc2SC(C)C(=O)N2CCc3[nH]ncc3C2)c1. The molecule has 1 unspecified atom stereocenters. The number of tetrazole rings is 1. The molecule has 1 aliphatic heterocycles. The Kier molecular flexibility index (Phi) is 4.46. The van der Waals surface area contributed by atoms with Crippen molar-refractivity contribution in [1.82, 2.24) is 35.3 Å². The van der Waals surface area contributed by atoms with Crippen molar-refractivity contribution < 1.29 is 4.79 Å². The molecule has 0 saturated heterocycles. The van der Waals surface area contributed by atoms with Crippen molar-refractivity contribution in [2.75, 3.05) is 6.54 Å². The summed E-state index contributed by atoms with van der Waals surface area (Å²) in [6, 6.07) is 7.95. The maximum absolute atomic E-state index is 12.9. The highest BCUT2D eigenvalue weighted by Crippen LogP contribution is 2.26. The normalized spacial score (nSPS) is 14.9. The van der Waals surface area contributed by atoms with E-state index in [-0.39, 0.29) is 11.2 Å². The summed E-state index contributed by atoms with van der Waals surface area (Å²) >= 11 is 1.37. The van der Waals surface area contributed by atoms with Gasteiger partial charge in [-0.1, -0.05) is 23.9 Å². The Morgan fingerprint density at radius 3 is 3.12 bits per heavy atom. The molecular weight excluding hydrogens is 350 g/mol. The van der Waals surface area contributed by atoms with Crippen LogP contribution in [0.1, 0.15) is 23.7 Å². The summed E-state index contributed by atoms with van der Waals surface area (Å²) in [6.45, 7) is 5.21. The van der Waals surface area contributed by atoms with Gasteiger partial charge in [0, 0.05) is 30.8 Å². The number of fused-ring (bicyclic) bond motifs is 1. The average Bonchev–Trinajstić information content (AvgIpc) is 3.29. The lowest BCUT2D eigenvalue weighted by Gasteiger charge is -2.28. The van der Waals surface area contributed by atoms with Gasteiger partial charge in [-0.3, -0.25) is 9.89 Å². The molecule has 1 N–H and O–H groups in total. The van der Waals surface area contributed by atoms with E-state index < -0.39 is 0 Å². The Labute approximate surface area is 155 Å². The lowest BCUT2D eigenvalue weighted by atomic mass is 10.1. The largest absolute Gasteiger partial charge is 0.337 e. The highest BCUT2D eigenvalue weighted by Gasteiger charge is 2.27. The number of aromatic nitrogens is 6. The van der Waals surface area contributed by atoms with Crippen molar-refractivity contribution in [3.8, 4) is 5.69 Å². The molecule has 0 spiro atoms. The van der Waals surface area contributed by atoms with Crippen LogP contribution in [0.2, 0.25) is 0 Å². The van der Waals surface area contributed by atoms with Crippen molar-refractivity contribution >= 4 is 17.7 Å². The van der Waals surface area contributed by atoms with Crippen LogP contribution in [0.25, 0.3) is 5.69 Å². The monoisotopic (exact) mass is 369 g/mol. The van der Waals surface area contributed by atoms with Crippen molar-refractivity contribution in [2.45, 2.75) is 37.2 Å². The van der Waals surface area contributed by atoms with Crippen LogP contribution in [-0.4, -0.2) is 53.0 Å². The molecule has 0 saturated carbocycles. The molecule has 1 aromatic carbocycles. The van der Waals surface area contributed by atoms with Gasteiger partial charge in [0.1, 0.15) is 0 Å². The van der Waals surface area contributed by atoms with E-state index in [9.17, 15) is 4.79 Å². The minimum atomic E-state index is -0.280. The summed E-state index contributed by atoms with van der Waals surface area (Å²) in [5.74, 6) is 0.0839. The van der Waals surface area contributed by atoms with Gasteiger partial charge >= 0.3 is 0 Å². The van der Waals surface area contributed by atoms with Crippen LogP contribution in [0.15, 0.2) is 35.6 Å². The molecule has 0 bridgehead atoms. The summed E-state index contributed by atoms with van der Waals surface area (Å²) in [5, 5.41) is 19.3. The highest BCUT2D eigenvalue weighted by atomic mass is 32.2. The topological polar surface area (TPSA) is 92.6 Å². The lowest BCUT2D eigenvalue weighted by Crippen LogP contribution is -2.40. The van der Waals surface area contributed by atoms with E-state index in [1.54, 1.807) is 10.9 Å². The van der Waals surface area contributed by atoms with Gasteiger partial charge in [-0.05, 0) is 42.0 Å². The number of carbonyl (C=O) groups excluding carboxylic acids is 1. The van der Waals surface area contributed by atoms with Crippen LogP contribution < -0.4 is 0 Å². The van der Waals surface area contributed by atoms with Gasteiger partial charge in [0.05, 0.1) is 17.1 Å². The van der Waals surface area contributed by atoms with Crippen molar-refractivity contribution in [2.24, 2.45) is 0 Å². The number of hydrogen-bond donors (Lipinski definition) is 1. The minimum Gasteiger partial charge on any atom is -0.337 e. The number of amides is 1. The van der Waals surface area contributed by atoms with Crippen LogP contribution in [-0.2, 0) is 17.8 Å². The predicted octanol–water partition coefficient (Wildman–Crippen LogP) is 1.76. The zero-order valence-electron chi connectivity index (χ0n) is 14.6. The van der Waals surface area contributed by atoms with Crippen molar-refractivity contribution in [1.29, 1.82) is 0 Å². The van der Waals surface area contributed by atoms with Gasteiger partial charge in [0.25, 0.3) is 0 Å². The van der Waals surface area contributed by atoms with E-state index in [2.05, 4.69) is 25.7 Å². The molecule has 0 fully saturated rings. The summed E-state index contributed by atoms with van der Waals surface area (Å²) in [4.78, 5) is 14.7. The van der Waals surface area contributed by atoms with Gasteiger partial charge in [0.15, 0.2) is 0 Å². The molecule has 4 rings (SSSR count). The fraction of sp³-hybridized carbons (Fsp3) is 0.353. The Hall–Kier alpha value is -2.68. The average molecular weight is 369 g/mol. The van der Waals surface area contributed by atoms with Gasteiger partial charge < -0.3 is 4.90 Å². The van der Waals surface area contributed by atoms with Gasteiger partial charge in [-0.2, -0.15) is 9.78 Å². The second-order valence-corrected chi connectivity index (χ2v) is 7.66. The Balaban J connectivity index is 1.48. The summed E-state index contributed by atoms with van der Waals surface area (Å²) in [6.07, 6.45) is 2.60. The van der Waals surface area contributed by atoms with Crippen LogP contribution in [0.5, 0.6) is 0 Å². The van der Waals surface area contributed by atoms with E-state index in [4.69, 9.17) is 0 Å². The van der Waals surface area contributed by atoms with E-state index in [1.165, 1.54) is 11.8 Å². The smallest absolute Gasteiger partial charge is 0.236 e. The van der Waals surface area contributed by atoms with E-state index in [1.807, 2.05) is 43.0 Å². The molecular formula is C17H19N7OS. The molecule has 2 aromatic heterocycles. The molecule has 134 valence electrons. The quantitative estimate of drug-likeness (QED) is 0.705. The van der Waals surface area contributed by atoms with E-state index in [0.717, 1.165) is 28.9 Å². The molecule has 0 radical (unpaired) electrons. The number of aryl methyl sites for hydroxylation is 1. The molecule has 1 atom stereocenters. The number of nitrogens with one attached hydrogen (secondary N) is 1. The molecule has 26 heavy (non-hydrogen) atoms. The molecule has 1 aliphatic rings. The Morgan fingerprint density at radius 2 is 2.27 bits per heavy atom. The number of H-pyrrole nitrogens is 1. The summed E-state index contributed by atoms with van der Waals surface area (Å²) in [7, 11) is 0. The number of rotatable bonds is 4. The molecule has 3 aromatic rings. The zero-order chi connectivity index (χ0) is 18.1. The Morgan fingerprint density at radius 1 is 1.38 bits per heavy atom. The summed E-state index contributed by atoms with van der Waals surface area (Å²) < 4.78 is 1.67. The van der Waals surface area contributed by atoms with Crippen LogP contribution in [0.3, 0.4) is 0 Å². The first kappa shape index (κ1) is 16.8. The minimum absolute atomic E-state index is 0.0839. The fourth-order valence-corrected chi connectivity index (χ4v) is 3.94. The van der Waals surface area contributed by atoms with Crippen molar-refractivity contribution in [3.05, 3.63) is 47.3 Å². The highest BCUT2D eigenvalue weighted by molar-refractivity contribution is 8.00. The Bertz CT molecular complexity index is 935. The molecule has 3 heterocycles. The van der Waals surface area contributed by atoms with Gasteiger partial charge in [0.2, 0.25) is 11.1 Å². The second-order valence-electron chi connectivity index (χ2n) is 6.36. The number of nitrogens with zero attached hydrogens (tertiary/aromatic N) is 6. The predicted molar refractivity (Wildman–Crippen MR) is 96.9 cm³/mol. The number of benzene rings is 1. The molecule has 9 heteroatoms. The van der Waals surface area contributed by atoms with Gasteiger partial charge in [-0.15, -0.1) is 5.10 Å². The first-order valence-corrected chi connectivity index (χ1v) is 9.32. The number of hydrogen-bond acceptors (Lipinski definition) is 6. The van der Waals surface area contributed by atoms with Crippen molar-refractivity contribution in [3.63, 3.8) is 0 Å². The number of thioether (sulfide) groups is 1. The zero-order valence-corrected chi connectivity index (χ0v) is 15.4. The molecule has 0 aliphatic carbocycles. The van der Waals surface area contributed by atoms with Gasteiger partial charge in [-0.25, -0.2) is 0 Å². The van der Waals surface area contributed by atoms with E-state index >= 15 is 0 Å². The third-order valence-electron chi connectivity index (χ3n) is 4.43. The first-order valence-electron chi connectivity index (χ1n) is 8.44. The number of aromatic amines is 1. The third-order valence-corrected chi connectivity index (χ3v) is 5.45. The van der Waals surface area contributed by atoms with E-state index in [0.29, 0.717) is 18.2 Å². The van der Waals surface area contributed by atoms with Crippen LogP contribution in [0.4, 0.5) is 0 Å². The second kappa shape index (κ2) is 6.91. The maximum atomic E-state index is 12.9. The van der Waals surface area contributed by atoms with Crippen LogP contribution in [0, 0.1) is 6.92 Å². The standard InChI is InChI=1S/C17H19N7OS/c1-11-4-3-5-14(8-11)24-17(20-21-22-24)26-12(2)16(25)23-7-6-15-13(10-23)9-18-19-15/h3-5,8-9,12H,6-7,10H2,1-2H3,(H,18,19). The lowest BCUT2D eigenvalue weighted by molar-refractivity contribution is -0.131. The third kappa shape index (κ3) is 3.22. The molecule has 1 amide bonds. The first-order chi connectivity index (χ1) is 12.6. The molecule has 8 nitrogen and oxygen atoms in total. The summed E-state index contributed by atoms with van der Waals surface area (Å²) in [5.41, 5.74) is 4.23. The number of carbonyl (C=O) groups is 1. The van der Waals surface area contributed by atoms with Crippen LogP contribution >= 0.6 is 11.8 Å². The fourth-order valence-electron chi connectivity index (χ4n) is 3.05. The maximum Gasteiger partial charge on any atom is 0.236 e.